The van der Waals surface area contributed by atoms with Crippen molar-refractivity contribution in [3.05, 3.63) is 35.4 Å². The molecule has 1 rings (SSSR count). The molecule has 3 heteroatoms. The van der Waals surface area contributed by atoms with Crippen LogP contribution in [0.25, 0.3) is 0 Å². The Morgan fingerprint density at radius 2 is 2.12 bits per heavy atom. The molecular weight excluding hydrogens is 204 g/mol. The van der Waals surface area contributed by atoms with Crippen LogP contribution < -0.4 is 0 Å². The van der Waals surface area contributed by atoms with E-state index < -0.39 is 6.10 Å². The zero-order valence-electron chi connectivity index (χ0n) is 9.98. The Morgan fingerprint density at radius 1 is 1.31 bits per heavy atom. The zero-order chi connectivity index (χ0) is 11.8. The minimum atomic E-state index is -0.446. The third kappa shape index (κ3) is 5.26. The maximum absolute atomic E-state index is 9.73. The molecule has 0 radical (unpaired) electrons. The Hall–Kier alpha value is -0.900. The fourth-order valence-electron chi connectivity index (χ4n) is 1.53. The lowest BCUT2D eigenvalue weighted by molar-refractivity contribution is 0.0137. The molecule has 90 valence electrons. The Balaban J connectivity index is 2.25. The molecule has 3 nitrogen and oxygen atoms in total. The predicted molar refractivity (Wildman–Crippen MR) is 63.6 cm³/mol. The third-order valence-corrected chi connectivity index (χ3v) is 2.30. The van der Waals surface area contributed by atoms with Gasteiger partial charge in [-0.1, -0.05) is 29.8 Å². The molecule has 0 aliphatic rings. The highest BCUT2D eigenvalue weighted by atomic mass is 16.5. The van der Waals surface area contributed by atoms with Crippen LogP contribution in [0.1, 0.15) is 11.1 Å². The summed E-state index contributed by atoms with van der Waals surface area (Å²) in [6, 6.07) is 8.15. The molecule has 1 aromatic carbocycles. The van der Waals surface area contributed by atoms with E-state index >= 15 is 0 Å². The second-order valence-electron chi connectivity index (χ2n) is 3.91. The van der Waals surface area contributed by atoms with Crippen LogP contribution in [-0.4, -0.2) is 38.1 Å². The van der Waals surface area contributed by atoms with Crippen molar-refractivity contribution in [2.24, 2.45) is 0 Å². The summed E-state index contributed by atoms with van der Waals surface area (Å²) in [5.41, 5.74) is 2.35. The highest BCUT2D eigenvalue weighted by Gasteiger charge is 2.05. The van der Waals surface area contributed by atoms with E-state index in [0.29, 0.717) is 26.2 Å². The van der Waals surface area contributed by atoms with E-state index in [4.69, 9.17) is 9.47 Å². The predicted octanol–water partition coefficient (Wildman–Crippen LogP) is 1.56. The summed E-state index contributed by atoms with van der Waals surface area (Å²) in [5.74, 6) is 0. The molecule has 0 aromatic heterocycles. The Kier molecular flexibility index (Phi) is 6.08. The summed E-state index contributed by atoms with van der Waals surface area (Å²) in [5, 5.41) is 9.73. The number of aliphatic hydroxyl groups excluding tert-OH is 1. The van der Waals surface area contributed by atoms with Crippen LogP contribution in [-0.2, 0) is 15.9 Å². The van der Waals surface area contributed by atoms with Gasteiger partial charge in [-0.2, -0.15) is 0 Å². The van der Waals surface area contributed by atoms with Crippen LogP contribution in [0.3, 0.4) is 0 Å². The number of methoxy groups -OCH3 is 1. The molecule has 1 atom stereocenters. The molecule has 1 N–H and O–H groups in total. The molecule has 0 spiro atoms. The minimum absolute atomic E-state index is 0.358. The first-order valence-electron chi connectivity index (χ1n) is 5.52. The van der Waals surface area contributed by atoms with Gasteiger partial charge in [0, 0.05) is 13.5 Å². The lowest BCUT2D eigenvalue weighted by Crippen LogP contribution is -2.19. The highest BCUT2D eigenvalue weighted by molar-refractivity contribution is 5.22. The molecule has 0 aliphatic carbocycles. The number of aryl methyl sites for hydroxylation is 1. The van der Waals surface area contributed by atoms with Crippen molar-refractivity contribution in [1.82, 2.24) is 0 Å². The van der Waals surface area contributed by atoms with Gasteiger partial charge >= 0.3 is 0 Å². The van der Waals surface area contributed by atoms with Gasteiger partial charge in [-0.15, -0.1) is 0 Å². The fourth-order valence-corrected chi connectivity index (χ4v) is 1.53. The van der Waals surface area contributed by atoms with E-state index in [1.807, 2.05) is 25.1 Å². The molecule has 0 saturated carbocycles. The van der Waals surface area contributed by atoms with E-state index in [2.05, 4.69) is 6.07 Å². The van der Waals surface area contributed by atoms with Crippen molar-refractivity contribution >= 4 is 0 Å². The highest BCUT2D eigenvalue weighted by Crippen LogP contribution is 2.07. The Bertz CT molecular complexity index is 299. The molecule has 0 fully saturated rings. The van der Waals surface area contributed by atoms with Crippen LogP contribution in [0.5, 0.6) is 0 Å². The summed E-state index contributed by atoms with van der Waals surface area (Å²) in [6.45, 7) is 3.50. The van der Waals surface area contributed by atoms with Gasteiger partial charge in [0.15, 0.2) is 0 Å². The maximum atomic E-state index is 9.73. The summed E-state index contributed by atoms with van der Waals surface area (Å²) < 4.78 is 10.1. The van der Waals surface area contributed by atoms with Crippen LogP contribution in [0.2, 0.25) is 0 Å². The topological polar surface area (TPSA) is 38.7 Å². The van der Waals surface area contributed by atoms with E-state index in [1.165, 1.54) is 5.56 Å². The maximum Gasteiger partial charge on any atom is 0.0813 e. The van der Waals surface area contributed by atoms with Crippen molar-refractivity contribution in [2.75, 3.05) is 26.9 Å². The van der Waals surface area contributed by atoms with E-state index in [0.717, 1.165) is 5.56 Å². The SMILES string of the molecule is COCCOCC(O)Cc1cccc(C)c1. The number of ether oxygens (including phenoxy) is 2. The molecule has 0 amide bonds. The first kappa shape index (κ1) is 13.2. The largest absolute Gasteiger partial charge is 0.390 e. The minimum Gasteiger partial charge on any atom is -0.390 e. The van der Waals surface area contributed by atoms with Crippen LogP contribution in [0.15, 0.2) is 24.3 Å². The summed E-state index contributed by atoms with van der Waals surface area (Å²) in [4.78, 5) is 0. The van der Waals surface area contributed by atoms with Crippen LogP contribution >= 0.6 is 0 Å². The van der Waals surface area contributed by atoms with Gasteiger partial charge in [0.05, 0.1) is 25.9 Å². The van der Waals surface area contributed by atoms with Gasteiger partial charge in [-0.3, -0.25) is 0 Å². The molecule has 0 aliphatic heterocycles. The molecule has 1 unspecified atom stereocenters. The summed E-state index contributed by atoms with van der Waals surface area (Å²) >= 11 is 0. The van der Waals surface area contributed by atoms with E-state index in [1.54, 1.807) is 7.11 Å². The van der Waals surface area contributed by atoms with Crippen molar-refractivity contribution in [3.63, 3.8) is 0 Å². The molecule has 16 heavy (non-hydrogen) atoms. The average molecular weight is 224 g/mol. The molecule has 0 saturated heterocycles. The first-order chi connectivity index (χ1) is 7.72. The quantitative estimate of drug-likeness (QED) is 0.714. The van der Waals surface area contributed by atoms with Gasteiger partial charge in [0.2, 0.25) is 0 Å². The monoisotopic (exact) mass is 224 g/mol. The lowest BCUT2D eigenvalue weighted by Gasteiger charge is -2.11. The van der Waals surface area contributed by atoms with Crippen LogP contribution in [0, 0.1) is 6.92 Å². The van der Waals surface area contributed by atoms with Crippen molar-refractivity contribution < 1.29 is 14.6 Å². The number of hydrogen-bond acceptors (Lipinski definition) is 3. The molecule has 0 bridgehead atoms. The Labute approximate surface area is 97.0 Å². The second-order valence-corrected chi connectivity index (χ2v) is 3.91. The third-order valence-electron chi connectivity index (χ3n) is 2.30. The second kappa shape index (κ2) is 7.39. The van der Waals surface area contributed by atoms with Gasteiger partial charge in [-0.25, -0.2) is 0 Å². The summed E-state index contributed by atoms with van der Waals surface area (Å²) in [7, 11) is 1.63. The number of benzene rings is 1. The lowest BCUT2D eigenvalue weighted by atomic mass is 10.1. The van der Waals surface area contributed by atoms with Gasteiger partial charge < -0.3 is 14.6 Å². The average Bonchev–Trinajstić information content (AvgIpc) is 2.24. The van der Waals surface area contributed by atoms with Gasteiger partial charge in [0.25, 0.3) is 0 Å². The van der Waals surface area contributed by atoms with Crippen molar-refractivity contribution in [3.8, 4) is 0 Å². The normalized spacial score (nSPS) is 12.7. The van der Waals surface area contributed by atoms with Gasteiger partial charge in [-0.05, 0) is 12.5 Å². The molecule has 0 heterocycles. The number of hydrogen-bond donors (Lipinski definition) is 1. The van der Waals surface area contributed by atoms with Crippen LogP contribution in [0.4, 0.5) is 0 Å². The molecular formula is C13H20O3. The standard InChI is InChI=1S/C13H20O3/c1-11-4-3-5-12(8-11)9-13(14)10-16-7-6-15-2/h3-5,8,13-14H,6-7,9-10H2,1-2H3. The zero-order valence-corrected chi connectivity index (χ0v) is 9.98. The smallest absolute Gasteiger partial charge is 0.0813 e. The van der Waals surface area contributed by atoms with Crippen molar-refractivity contribution in [2.45, 2.75) is 19.4 Å². The molecule has 1 aromatic rings. The Morgan fingerprint density at radius 3 is 2.81 bits per heavy atom. The number of rotatable bonds is 7. The first-order valence-corrected chi connectivity index (χ1v) is 5.52. The van der Waals surface area contributed by atoms with E-state index in [-0.39, 0.29) is 0 Å². The van der Waals surface area contributed by atoms with Crippen molar-refractivity contribution in [1.29, 1.82) is 0 Å². The fraction of sp³-hybridized carbons (Fsp3) is 0.538. The van der Waals surface area contributed by atoms with E-state index in [9.17, 15) is 5.11 Å². The number of aliphatic hydroxyl groups is 1. The summed E-state index contributed by atoms with van der Waals surface area (Å²) in [6.07, 6.45) is 0.188. The van der Waals surface area contributed by atoms with Gasteiger partial charge in [0.1, 0.15) is 0 Å².